The highest BCUT2D eigenvalue weighted by atomic mass is 16.5. The molecule has 0 aromatic carbocycles. The third kappa shape index (κ3) is 1.60. The Bertz CT molecular complexity index is 177. The summed E-state index contributed by atoms with van der Waals surface area (Å²) < 4.78 is 10.7. The zero-order valence-electron chi connectivity index (χ0n) is 8.16. The van der Waals surface area contributed by atoms with Gasteiger partial charge in [0.25, 0.3) is 0 Å². The molecule has 3 heteroatoms. The third-order valence-corrected chi connectivity index (χ3v) is 3.50. The van der Waals surface area contributed by atoms with E-state index >= 15 is 0 Å². The lowest BCUT2D eigenvalue weighted by Crippen LogP contribution is -2.46. The van der Waals surface area contributed by atoms with Crippen LogP contribution < -0.4 is 0 Å². The Morgan fingerprint density at radius 1 is 1.23 bits per heavy atom. The molecule has 0 saturated carbocycles. The summed E-state index contributed by atoms with van der Waals surface area (Å²) in [6, 6.07) is 0. The lowest BCUT2D eigenvalue weighted by molar-refractivity contribution is -0.0985. The molecule has 3 nitrogen and oxygen atoms in total. The third-order valence-electron chi connectivity index (χ3n) is 3.50. The molecule has 2 aliphatic rings. The quantitative estimate of drug-likeness (QED) is 0.662. The van der Waals surface area contributed by atoms with Crippen LogP contribution in [0.1, 0.15) is 26.2 Å². The Hall–Kier alpha value is -0.120. The predicted molar refractivity (Wildman–Crippen MR) is 48.5 cm³/mol. The first-order valence-corrected chi connectivity index (χ1v) is 5.15. The molecule has 0 aliphatic carbocycles. The summed E-state index contributed by atoms with van der Waals surface area (Å²) in [6.07, 6.45) is 2.74. The summed E-state index contributed by atoms with van der Waals surface area (Å²) in [5, 5.41) is 10.4. The fourth-order valence-electron chi connectivity index (χ4n) is 2.48. The minimum atomic E-state index is -0.580. The highest BCUT2D eigenvalue weighted by molar-refractivity contribution is 4.95. The molecule has 76 valence electrons. The van der Waals surface area contributed by atoms with Gasteiger partial charge in [-0.25, -0.2) is 0 Å². The Balaban J connectivity index is 2.03. The first-order valence-electron chi connectivity index (χ1n) is 5.15. The minimum Gasteiger partial charge on any atom is -0.387 e. The molecule has 2 atom stereocenters. The van der Waals surface area contributed by atoms with Crippen molar-refractivity contribution in [3.05, 3.63) is 0 Å². The molecule has 0 aromatic rings. The van der Waals surface area contributed by atoms with Crippen LogP contribution >= 0.6 is 0 Å². The van der Waals surface area contributed by atoms with Crippen LogP contribution in [0, 0.1) is 5.92 Å². The summed E-state index contributed by atoms with van der Waals surface area (Å²) >= 11 is 0. The Morgan fingerprint density at radius 2 is 1.92 bits per heavy atom. The van der Waals surface area contributed by atoms with Gasteiger partial charge in [-0.05, 0) is 25.7 Å². The summed E-state index contributed by atoms with van der Waals surface area (Å²) in [5.74, 6) is 0.374. The van der Waals surface area contributed by atoms with Crippen molar-refractivity contribution in [3.8, 4) is 0 Å². The minimum absolute atomic E-state index is 0.00407. The van der Waals surface area contributed by atoms with Crippen molar-refractivity contribution in [2.75, 3.05) is 19.8 Å². The SMILES string of the molecule is CC1OCCC1(O)C1CCOCC1. The smallest absolute Gasteiger partial charge is 0.0956 e. The molecule has 13 heavy (non-hydrogen) atoms. The molecule has 0 spiro atoms. The highest BCUT2D eigenvalue weighted by Gasteiger charge is 2.46. The molecule has 0 radical (unpaired) electrons. The van der Waals surface area contributed by atoms with Crippen molar-refractivity contribution >= 4 is 0 Å². The van der Waals surface area contributed by atoms with Crippen molar-refractivity contribution < 1.29 is 14.6 Å². The van der Waals surface area contributed by atoms with Crippen LogP contribution in [0.15, 0.2) is 0 Å². The predicted octanol–water partition coefficient (Wildman–Crippen LogP) is 0.953. The maximum atomic E-state index is 10.4. The van der Waals surface area contributed by atoms with Crippen molar-refractivity contribution in [1.29, 1.82) is 0 Å². The van der Waals surface area contributed by atoms with Gasteiger partial charge < -0.3 is 14.6 Å². The fraction of sp³-hybridized carbons (Fsp3) is 1.00. The van der Waals surface area contributed by atoms with Gasteiger partial charge in [-0.3, -0.25) is 0 Å². The summed E-state index contributed by atoms with van der Waals surface area (Å²) in [6.45, 7) is 4.26. The average molecular weight is 186 g/mol. The van der Waals surface area contributed by atoms with E-state index in [1.54, 1.807) is 0 Å². The van der Waals surface area contributed by atoms with Crippen molar-refractivity contribution in [2.24, 2.45) is 5.92 Å². The van der Waals surface area contributed by atoms with Crippen LogP contribution in [0.25, 0.3) is 0 Å². The van der Waals surface area contributed by atoms with Crippen LogP contribution in [-0.2, 0) is 9.47 Å². The van der Waals surface area contributed by atoms with Gasteiger partial charge in [0, 0.05) is 26.2 Å². The summed E-state index contributed by atoms with van der Waals surface area (Å²) in [4.78, 5) is 0. The molecule has 0 aromatic heterocycles. The molecular formula is C10H18O3. The molecule has 1 N–H and O–H groups in total. The van der Waals surface area contributed by atoms with E-state index < -0.39 is 5.60 Å². The van der Waals surface area contributed by atoms with E-state index in [-0.39, 0.29) is 6.10 Å². The highest BCUT2D eigenvalue weighted by Crippen LogP contribution is 2.37. The molecule has 2 rings (SSSR count). The van der Waals surface area contributed by atoms with E-state index in [0.29, 0.717) is 12.5 Å². The molecule has 2 fully saturated rings. The van der Waals surface area contributed by atoms with Gasteiger partial charge in [0.2, 0.25) is 0 Å². The van der Waals surface area contributed by atoms with Crippen molar-refractivity contribution in [3.63, 3.8) is 0 Å². The van der Waals surface area contributed by atoms with Crippen LogP contribution in [0.4, 0.5) is 0 Å². The Kier molecular flexibility index (Phi) is 2.58. The lowest BCUT2D eigenvalue weighted by atomic mass is 9.78. The number of ether oxygens (including phenoxy) is 2. The summed E-state index contributed by atoms with van der Waals surface area (Å²) in [5.41, 5.74) is -0.580. The number of hydrogen-bond donors (Lipinski definition) is 1. The van der Waals surface area contributed by atoms with E-state index in [1.165, 1.54) is 0 Å². The molecular weight excluding hydrogens is 168 g/mol. The van der Waals surface area contributed by atoms with Crippen LogP contribution in [-0.4, -0.2) is 36.6 Å². The van der Waals surface area contributed by atoms with Crippen LogP contribution in [0.5, 0.6) is 0 Å². The molecule has 2 aliphatic heterocycles. The van der Waals surface area contributed by atoms with Crippen LogP contribution in [0.2, 0.25) is 0 Å². The fourth-order valence-corrected chi connectivity index (χ4v) is 2.48. The van der Waals surface area contributed by atoms with Gasteiger partial charge >= 0.3 is 0 Å². The Morgan fingerprint density at radius 3 is 2.46 bits per heavy atom. The lowest BCUT2D eigenvalue weighted by Gasteiger charge is -2.37. The second kappa shape index (κ2) is 3.56. The van der Waals surface area contributed by atoms with Gasteiger partial charge in [0.05, 0.1) is 11.7 Å². The zero-order chi connectivity index (χ0) is 9.31. The molecule has 0 amide bonds. The van der Waals surface area contributed by atoms with E-state index in [9.17, 15) is 5.11 Å². The monoisotopic (exact) mass is 186 g/mol. The first kappa shape index (κ1) is 9.44. The second-order valence-electron chi connectivity index (χ2n) is 4.14. The molecule has 2 unspecified atom stereocenters. The normalized spacial score (nSPS) is 42.5. The maximum Gasteiger partial charge on any atom is 0.0956 e. The van der Waals surface area contributed by atoms with Gasteiger partial charge in [0.15, 0.2) is 0 Å². The van der Waals surface area contributed by atoms with Crippen LogP contribution in [0.3, 0.4) is 0 Å². The molecule has 2 saturated heterocycles. The number of hydrogen-bond acceptors (Lipinski definition) is 3. The summed E-state index contributed by atoms with van der Waals surface area (Å²) in [7, 11) is 0. The van der Waals surface area contributed by atoms with E-state index in [2.05, 4.69) is 0 Å². The van der Waals surface area contributed by atoms with Gasteiger partial charge in [-0.2, -0.15) is 0 Å². The number of rotatable bonds is 1. The van der Waals surface area contributed by atoms with Gasteiger partial charge in [0.1, 0.15) is 0 Å². The van der Waals surface area contributed by atoms with Gasteiger partial charge in [-0.1, -0.05) is 0 Å². The zero-order valence-corrected chi connectivity index (χ0v) is 8.16. The first-order chi connectivity index (χ1) is 6.23. The largest absolute Gasteiger partial charge is 0.387 e. The molecule has 0 bridgehead atoms. The van der Waals surface area contributed by atoms with E-state index in [1.807, 2.05) is 6.92 Å². The van der Waals surface area contributed by atoms with Crippen molar-refractivity contribution in [1.82, 2.24) is 0 Å². The van der Waals surface area contributed by atoms with E-state index in [0.717, 1.165) is 32.5 Å². The van der Waals surface area contributed by atoms with E-state index in [4.69, 9.17) is 9.47 Å². The topological polar surface area (TPSA) is 38.7 Å². The molecule has 2 heterocycles. The Labute approximate surface area is 79.0 Å². The average Bonchev–Trinajstić information content (AvgIpc) is 2.50. The maximum absolute atomic E-state index is 10.4. The standard InChI is InChI=1S/C10H18O3/c1-8-10(11,4-7-13-8)9-2-5-12-6-3-9/h8-9,11H,2-7H2,1H3. The van der Waals surface area contributed by atoms with Gasteiger partial charge in [-0.15, -0.1) is 0 Å². The second-order valence-corrected chi connectivity index (χ2v) is 4.14. The van der Waals surface area contributed by atoms with Crippen molar-refractivity contribution in [2.45, 2.75) is 37.9 Å². The number of aliphatic hydroxyl groups is 1.